The standard InChI is InChI=1S/C20H24N8OS/c1-4-18-25-26-20(30-18)24-17-12-15(22-13(2)23-17)16-6-5-11-28(16)19(29)8-7-14-9-10-21-27(14)3/h7-10,12,16H,4-6,11H2,1-3H3,(H,22,23,24,26)/b8-7+. The molecule has 0 aliphatic carbocycles. The molecule has 10 heteroatoms. The largest absolute Gasteiger partial charge is 0.331 e. The Balaban J connectivity index is 1.53. The first-order valence-electron chi connectivity index (χ1n) is 9.95. The van der Waals surface area contributed by atoms with Gasteiger partial charge in [0.25, 0.3) is 0 Å². The Hall–Kier alpha value is -3.14. The van der Waals surface area contributed by atoms with Gasteiger partial charge in [-0.1, -0.05) is 18.3 Å². The van der Waals surface area contributed by atoms with Crippen molar-refractivity contribution in [2.45, 2.75) is 39.2 Å². The van der Waals surface area contributed by atoms with Gasteiger partial charge in [-0.05, 0) is 38.3 Å². The van der Waals surface area contributed by atoms with Gasteiger partial charge >= 0.3 is 0 Å². The molecule has 1 atom stereocenters. The van der Waals surface area contributed by atoms with Crippen molar-refractivity contribution in [3.63, 3.8) is 0 Å². The fraction of sp³-hybridized carbons (Fsp3) is 0.400. The van der Waals surface area contributed by atoms with Crippen LogP contribution in [0.25, 0.3) is 6.08 Å². The van der Waals surface area contributed by atoms with E-state index in [0.717, 1.165) is 35.7 Å². The minimum absolute atomic E-state index is 0.0267. The maximum absolute atomic E-state index is 12.9. The van der Waals surface area contributed by atoms with E-state index in [1.165, 1.54) is 11.3 Å². The van der Waals surface area contributed by atoms with E-state index in [1.807, 2.05) is 37.9 Å². The molecule has 0 aromatic carbocycles. The number of amides is 1. The summed E-state index contributed by atoms with van der Waals surface area (Å²) in [5.41, 5.74) is 1.72. The van der Waals surface area contributed by atoms with Gasteiger partial charge in [-0.2, -0.15) is 5.10 Å². The summed E-state index contributed by atoms with van der Waals surface area (Å²) in [6, 6.07) is 3.70. The van der Waals surface area contributed by atoms with Crippen LogP contribution < -0.4 is 5.32 Å². The van der Waals surface area contributed by atoms with Crippen molar-refractivity contribution in [3.8, 4) is 0 Å². The predicted octanol–water partition coefficient (Wildman–Crippen LogP) is 3.05. The number of hydrogen-bond acceptors (Lipinski definition) is 8. The average molecular weight is 425 g/mol. The van der Waals surface area contributed by atoms with E-state index in [1.54, 1.807) is 23.0 Å². The molecular weight excluding hydrogens is 400 g/mol. The molecule has 3 aromatic rings. The molecule has 0 spiro atoms. The number of nitrogens with one attached hydrogen (secondary N) is 1. The first kappa shape index (κ1) is 20.1. The molecule has 9 nitrogen and oxygen atoms in total. The Morgan fingerprint density at radius 1 is 1.37 bits per heavy atom. The van der Waals surface area contributed by atoms with Gasteiger partial charge in [-0.3, -0.25) is 9.48 Å². The highest BCUT2D eigenvalue weighted by Gasteiger charge is 2.30. The summed E-state index contributed by atoms with van der Waals surface area (Å²) in [7, 11) is 1.85. The molecule has 30 heavy (non-hydrogen) atoms. The molecule has 1 aliphatic heterocycles. The monoisotopic (exact) mass is 424 g/mol. The smallest absolute Gasteiger partial charge is 0.247 e. The second-order valence-electron chi connectivity index (χ2n) is 7.11. The van der Waals surface area contributed by atoms with Crippen molar-refractivity contribution in [2.24, 2.45) is 7.05 Å². The Morgan fingerprint density at radius 2 is 2.23 bits per heavy atom. The third-order valence-corrected chi connectivity index (χ3v) is 5.98. The summed E-state index contributed by atoms with van der Waals surface area (Å²) in [4.78, 5) is 23.8. The summed E-state index contributed by atoms with van der Waals surface area (Å²) >= 11 is 1.51. The van der Waals surface area contributed by atoms with Gasteiger partial charge in [-0.25, -0.2) is 9.97 Å². The number of nitrogens with zero attached hydrogens (tertiary/aromatic N) is 7. The number of carbonyl (C=O) groups is 1. The summed E-state index contributed by atoms with van der Waals surface area (Å²) in [5, 5.41) is 17.3. The van der Waals surface area contributed by atoms with Crippen molar-refractivity contribution in [1.82, 2.24) is 34.8 Å². The Labute approximate surface area is 178 Å². The fourth-order valence-electron chi connectivity index (χ4n) is 3.52. The first-order chi connectivity index (χ1) is 14.5. The number of anilines is 2. The normalized spacial score (nSPS) is 16.5. The Bertz CT molecular complexity index is 1070. The van der Waals surface area contributed by atoms with Gasteiger partial charge < -0.3 is 10.2 Å². The lowest BCUT2D eigenvalue weighted by molar-refractivity contribution is -0.126. The van der Waals surface area contributed by atoms with Crippen LogP contribution in [0.5, 0.6) is 0 Å². The topological polar surface area (TPSA) is 102 Å². The van der Waals surface area contributed by atoms with Crippen LogP contribution in [0.3, 0.4) is 0 Å². The first-order valence-corrected chi connectivity index (χ1v) is 10.8. The highest BCUT2D eigenvalue weighted by molar-refractivity contribution is 7.15. The van der Waals surface area contributed by atoms with Crippen LogP contribution in [0.1, 0.15) is 48.0 Å². The van der Waals surface area contributed by atoms with E-state index in [-0.39, 0.29) is 11.9 Å². The van der Waals surface area contributed by atoms with Crippen LogP contribution in [-0.2, 0) is 18.3 Å². The van der Waals surface area contributed by atoms with Crippen LogP contribution in [0.4, 0.5) is 10.9 Å². The maximum atomic E-state index is 12.9. The zero-order valence-corrected chi connectivity index (χ0v) is 18.1. The van der Waals surface area contributed by atoms with E-state index < -0.39 is 0 Å². The molecule has 1 amide bonds. The molecule has 1 aliphatic rings. The number of aryl methyl sites for hydroxylation is 3. The predicted molar refractivity (Wildman–Crippen MR) is 115 cm³/mol. The maximum Gasteiger partial charge on any atom is 0.247 e. The molecule has 4 rings (SSSR count). The summed E-state index contributed by atoms with van der Waals surface area (Å²) in [6.45, 7) is 4.61. The number of rotatable bonds is 6. The average Bonchev–Trinajstić information content (AvgIpc) is 3.46. The van der Waals surface area contributed by atoms with Crippen LogP contribution in [0, 0.1) is 6.92 Å². The van der Waals surface area contributed by atoms with Crippen molar-refractivity contribution in [1.29, 1.82) is 0 Å². The summed E-state index contributed by atoms with van der Waals surface area (Å²) in [5.74, 6) is 1.29. The van der Waals surface area contributed by atoms with E-state index in [0.29, 0.717) is 23.3 Å². The summed E-state index contributed by atoms with van der Waals surface area (Å²) < 4.78 is 1.73. The van der Waals surface area contributed by atoms with Gasteiger partial charge in [0.05, 0.1) is 17.4 Å². The van der Waals surface area contributed by atoms with E-state index >= 15 is 0 Å². The molecule has 3 aromatic heterocycles. The van der Waals surface area contributed by atoms with Crippen molar-refractivity contribution < 1.29 is 4.79 Å². The number of likely N-dealkylation sites (tertiary alicyclic amines) is 1. The Kier molecular flexibility index (Phi) is 5.84. The quantitative estimate of drug-likeness (QED) is 0.607. The van der Waals surface area contributed by atoms with Crippen LogP contribution >= 0.6 is 11.3 Å². The zero-order valence-electron chi connectivity index (χ0n) is 17.2. The highest BCUT2D eigenvalue weighted by Crippen LogP contribution is 2.32. The van der Waals surface area contributed by atoms with Gasteiger partial charge in [0.1, 0.15) is 16.6 Å². The number of carbonyl (C=O) groups excluding carboxylic acids is 1. The molecule has 1 unspecified atom stereocenters. The fourth-order valence-corrected chi connectivity index (χ4v) is 4.21. The third-order valence-electron chi connectivity index (χ3n) is 4.99. The van der Waals surface area contributed by atoms with Crippen molar-refractivity contribution >= 4 is 34.3 Å². The lowest BCUT2D eigenvalue weighted by atomic mass is 10.1. The van der Waals surface area contributed by atoms with Crippen molar-refractivity contribution in [2.75, 3.05) is 11.9 Å². The van der Waals surface area contributed by atoms with E-state index in [4.69, 9.17) is 0 Å². The van der Waals surface area contributed by atoms with Gasteiger partial charge in [0.15, 0.2) is 0 Å². The highest BCUT2D eigenvalue weighted by atomic mass is 32.1. The number of hydrogen-bond donors (Lipinski definition) is 1. The Morgan fingerprint density at radius 3 is 2.97 bits per heavy atom. The molecule has 1 fully saturated rings. The van der Waals surface area contributed by atoms with Gasteiger partial charge in [0.2, 0.25) is 11.0 Å². The lowest BCUT2D eigenvalue weighted by Gasteiger charge is -2.23. The van der Waals surface area contributed by atoms with E-state index in [2.05, 4.69) is 30.6 Å². The van der Waals surface area contributed by atoms with E-state index in [9.17, 15) is 4.79 Å². The molecule has 0 bridgehead atoms. The number of aromatic nitrogens is 6. The van der Waals surface area contributed by atoms with Crippen LogP contribution in [0.15, 0.2) is 24.4 Å². The molecule has 156 valence electrons. The third kappa shape index (κ3) is 4.38. The zero-order chi connectivity index (χ0) is 21.1. The molecule has 4 heterocycles. The van der Waals surface area contributed by atoms with Crippen LogP contribution in [-0.4, -0.2) is 47.3 Å². The molecule has 1 N–H and O–H groups in total. The van der Waals surface area contributed by atoms with Crippen molar-refractivity contribution in [3.05, 3.63) is 46.6 Å². The van der Waals surface area contributed by atoms with Gasteiger partial charge in [0, 0.05) is 31.9 Å². The second kappa shape index (κ2) is 8.70. The molecule has 0 radical (unpaired) electrons. The summed E-state index contributed by atoms with van der Waals surface area (Å²) in [6.07, 6.45) is 7.78. The second-order valence-corrected chi connectivity index (χ2v) is 8.17. The molecule has 0 saturated carbocycles. The SMILES string of the molecule is CCc1nnc(Nc2cc(C3CCCN3C(=O)/C=C/c3ccnn3C)nc(C)n2)s1. The molecule has 1 saturated heterocycles. The molecular formula is C20H24N8OS. The minimum atomic E-state index is -0.0726. The lowest BCUT2D eigenvalue weighted by Crippen LogP contribution is -2.29. The minimum Gasteiger partial charge on any atom is -0.331 e. The van der Waals surface area contributed by atoms with Crippen LogP contribution in [0.2, 0.25) is 0 Å². The van der Waals surface area contributed by atoms with Gasteiger partial charge in [-0.15, -0.1) is 10.2 Å².